The molecule has 3 aromatic rings. The molecule has 7 rings (SSSR count). The largest absolute Gasteiger partial charge is 0.356 e. The third-order valence-electron chi connectivity index (χ3n) is 8.56. The van der Waals surface area contributed by atoms with Gasteiger partial charge in [-0.15, -0.1) is 0 Å². The van der Waals surface area contributed by atoms with Crippen LogP contribution in [0.25, 0.3) is 5.65 Å². The summed E-state index contributed by atoms with van der Waals surface area (Å²) < 4.78 is 28.4. The highest BCUT2D eigenvalue weighted by atomic mass is 35.5. The van der Waals surface area contributed by atoms with Gasteiger partial charge in [0.05, 0.1) is 29.2 Å². The highest BCUT2D eigenvalue weighted by molar-refractivity contribution is 7.92. The van der Waals surface area contributed by atoms with E-state index in [-0.39, 0.29) is 23.2 Å². The fourth-order valence-corrected chi connectivity index (χ4v) is 7.25. The van der Waals surface area contributed by atoms with E-state index in [1.165, 1.54) is 18.6 Å². The summed E-state index contributed by atoms with van der Waals surface area (Å²) in [6.07, 6.45) is 5.95. The minimum atomic E-state index is -3.59. The number of amides is 1. The van der Waals surface area contributed by atoms with Crippen LogP contribution in [0.5, 0.6) is 0 Å². The van der Waals surface area contributed by atoms with Gasteiger partial charge < -0.3 is 20.0 Å². The molecule has 2 N–H and O–H groups in total. The van der Waals surface area contributed by atoms with E-state index in [2.05, 4.69) is 25.9 Å². The normalized spacial score (nSPS) is 24.6. The van der Waals surface area contributed by atoms with Crippen LogP contribution in [0.2, 0.25) is 5.02 Å². The monoisotopic (exact) mass is 584 g/mol. The van der Waals surface area contributed by atoms with Crippen molar-refractivity contribution in [3.8, 4) is 0 Å². The number of halogens is 1. The summed E-state index contributed by atoms with van der Waals surface area (Å²) >= 11 is 6.26. The number of piperazine rings is 1. The van der Waals surface area contributed by atoms with Crippen molar-refractivity contribution in [2.75, 3.05) is 53.5 Å². The molecular weight excluding hydrogens is 552 g/mol. The van der Waals surface area contributed by atoms with Crippen molar-refractivity contribution in [3.05, 3.63) is 46.6 Å². The van der Waals surface area contributed by atoms with Crippen molar-refractivity contribution in [3.63, 3.8) is 0 Å². The van der Waals surface area contributed by atoms with E-state index in [0.29, 0.717) is 23.7 Å². The molecule has 2 aromatic heterocycles. The number of anilines is 3. The first-order chi connectivity index (χ1) is 19.2. The zero-order valence-corrected chi connectivity index (χ0v) is 24.0. The van der Waals surface area contributed by atoms with Crippen LogP contribution in [0.4, 0.5) is 17.3 Å². The number of likely N-dealkylation sites (tertiary alicyclic amines) is 1. The Labute approximate surface area is 238 Å². The van der Waals surface area contributed by atoms with Gasteiger partial charge in [0.25, 0.3) is 5.91 Å². The first kappa shape index (κ1) is 25.8. The molecule has 4 aliphatic rings. The molecule has 0 radical (unpaired) electrons. The summed E-state index contributed by atoms with van der Waals surface area (Å²) in [6, 6.07) is 9.49. The first-order valence-electron chi connectivity index (χ1n) is 14.0. The van der Waals surface area contributed by atoms with Gasteiger partial charge in [0, 0.05) is 62.0 Å². The Morgan fingerprint density at radius 2 is 1.98 bits per heavy atom. The minimum Gasteiger partial charge on any atom is -0.356 e. The van der Waals surface area contributed by atoms with Gasteiger partial charge in [-0.3, -0.25) is 9.52 Å². The van der Waals surface area contributed by atoms with Crippen LogP contribution in [-0.4, -0.2) is 84.9 Å². The van der Waals surface area contributed by atoms with Gasteiger partial charge >= 0.3 is 0 Å². The Kier molecular flexibility index (Phi) is 6.32. The van der Waals surface area contributed by atoms with Gasteiger partial charge in [-0.25, -0.2) is 13.4 Å². The molecule has 6 heterocycles. The Morgan fingerprint density at radius 3 is 2.67 bits per heavy atom. The average Bonchev–Trinajstić information content (AvgIpc) is 3.63. The molecule has 0 spiro atoms. The van der Waals surface area contributed by atoms with E-state index in [9.17, 15) is 13.2 Å². The summed E-state index contributed by atoms with van der Waals surface area (Å²) in [7, 11) is -3.59. The summed E-state index contributed by atoms with van der Waals surface area (Å²) in [5.41, 5.74) is 2.03. The molecule has 212 valence electrons. The number of benzene rings is 1. The minimum absolute atomic E-state index is 0.220. The number of rotatable bonds is 6. The van der Waals surface area contributed by atoms with E-state index in [4.69, 9.17) is 21.7 Å². The van der Waals surface area contributed by atoms with E-state index >= 15 is 0 Å². The SMILES string of the molecule is CS(=O)(=O)Nc1ccc(Cl)cc1C(=O)N1CCCC[C@H]1c1cc2nc(N3CCC3)cc(N3C[C@H]4C[C@@H]3CN4)n2n1. The molecular formula is C27H33ClN8O3S. The fraction of sp³-hybridized carbons (Fsp3) is 0.519. The molecule has 0 saturated carbocycles. The van der Waals surface area contributed by atoms with Crippen molar-refractivity contribution in [2.45, 2.75) is 50.2 Å². The van der Waals surface area contributed by atoms with Gasteiger partial charge in [-0.2, -0.15) is 9.61 Å². The van der Waals surface area contributed by atoms with E-state index < -0.39 is 10.0 Å². The van der Waals surface area contributed by atoms with Crippen molar-refractivity contribution in [1.29, 1.82) is 0 Å². The zero-order valence-electron chi connectivity index (χ0n) is 22.4. The highest BCUT2D eigenvalue weighted by Gasteiger charge is 2.40. The maximum atomic E-state index is 14.0. The third kappa shape index (κ3) is 4.65. The molecule has 4 fully saturated rings. The van der Waals surface area contributed by atoms with Crippen molar-refractivity contribution in [2.24, 2.45) is 0 Å². The molecule has 13 heteroatoms. The van der Waals surface area contributed by atoms with Gasteiger partial charge in [0.1, 0.15) is 11.6 Å². The predicted molar refractivity (Wildman–Crippen MR) is 155 cm³/mol. The number of fused-ring (bicyclic) bond motifs is 3. The molecule has 3 atom stereocenters. The molecule has 0 aliphatic carbocycles. The number of carbonyl (C=O) groups excluding carboxylic acids is 1. The van der Waals surface area contributed by atoms with Crippen LogP contribution >= 0.6 is 11.6 Å². The van der Waals surface area contributed by atoms with Crippen LogP contribution in [0.1, 0.15) is 54.2 Å². The number of nitrogens with zero attached hydrogens (tertiary/aromatic N) is 6. The lowest BCUT2D eigenvalue weighted by Crippen LogP contribution is -2.45. The summed E-state index contributed by atoms with van der Waals surface area (Å²) in [5.74, 6) is 1.76. The van der Waals surface area contributed by atoms with Gasteiger partial charge in [-0.05, 0) is 50.3 Å². The Bertz CT molecular complexity index is 1590. The zero-order chi connectivity index (χ0) is 27.6. The molecule has 40 heavy (non-hydrogen) atoms. The topological polar surface area (TPSA) is 115 Å². The number of piperidine rings is 1. The second kappa shape index (κ2) is 9.78. The van der Waals surface area contributed by atoms with E-state index in [0.717, 1.165) is 81.1 Å². The van der Waals surface area contributed by atoms with Gasteiger partial charge in [-0.1, -0.05) is 11.6 Å². The smallest absolute Gasteiger partial charge is 0.256 e. The molecule has 1 aromatic carbocycles. The average molecular weight is 585 g/mol. The standard InChI is InChI=1S/C27H33ClN8O3S/c1-40(38,39)32-21-7-6-17(28)11-20(21)27(37)34-10-3-2-5-23(34)22-13-25-30-24(33-8-4-9-33)14-26(36(25)31-22)35-16-18-12-19(35)15-29-18/h6-7,11,13-14,18-19,23,29,32H,2-5,8-10,12,15-16H2,1H3/t18-,19-,23+/m1/s1. The first-order valence-corrected chi connectivity index (χ1v) is 16.2. The Balaban J connectivity index is 1.27. The second-order valence-electron chi connectivity index (χ2n) is 11.4. The lowest BCUT2D eigenvalue weighted by atomic mass is 9.98. The van der Waals surface area contributed by atoms with Gasteiger partial charge in [0.15, 0.2) is 5.65 Å². The van der Waals surface area contributed by atoms with Crippen molar-refractivity contribution in [1.82, 2.24) is 24.8 Å². The fourth-order valence-electron chi connectivity index (χ4n) is 6.50. The van der Waals surface area contributed by atoms with Crippen molar-refractivity contribution < 1.29 is 13.2 Å². The molecule has 4 saturated heterocycles. The third-order valence-corrected chi connectivity index (χ3v) is 9.38. The molecule has 0 unspecified atom stereocenters. The lowest BCUT2D eigenvalue weighted by Gasteiger charge is -2.35. The number of nitrogens with one attached hydrogen (secondary N) is 2. The maximum Gasteiger partial charge on any atom is 0.256 e. The summed E-state index contributed by atoms with van der Waals surface area (Å²) in [6.45, 7) is 4.47. The predicted octanol–water partition coefficient (Wildman–Crippen LogP) is 2.88. The number of carbonyl (C=O) groups is 1. The summed E-state index contributed by atoms with van der Waals surface area (Å²) in [5, 5.41) is 9.03. The number of hydrogen-bond acceptors (Lipinski definition) is 8. The quantitative estimate of drug-likeness (QED) is 0.454. The molecule has 1 amide bonds. The Morgan fingerprint density at radius 1 is 1.12 bits per heavy atom. The van der Waals surface area contributed by atoms with Crippen LogP contribution in [0.15, 0.2) is 30.3 Å². The van der Waals surface area contributed by atoms with Crippen LogP contribution < -0.4 is 19.8 Å². The molecule has 4 aliphatic heterocycles. The number of hydrogen-bond donors (Lipinski definition) is 2. The van der Waals surface area contributed by atoms with Crippen LogP contribution in [0.3, 0.4) is 0 Å². The lowest BCUT2D eigenvalue weighted by molar-refractivity contribution is 0.0607. The molecule has 2 bridgehead atoms. The highest BCUT2D eigenvalue weighted by Crippen LogP contribution is 2.37. The Hall–Kier alpha value is -3.09. The number of aromatic nitrogens is 3. The summed E-state index contributed by atoms with van der Waals surface area (Å²) in [4.78, 5) is 25.5. The van der Waals surface area contributed by atoms with E-state index in [1.54, 1.807) is 6.07 Å². The van der Waals surface area contributed by atoms with Crippen LogP contribution in [0, 0.1) is 0 Å². The van der Waals surface area contributed by atoms with E-state index in [1.807, 2.05) is 15.5 Å². The number of sulfonamides is 1. The molecule has 11 nitrogen and oxygen atoms in total. The van der Waals surface area contributed by atoms with Crippen molar-refractivity contribution >= 4 is 50.5 Å². The maximum absolute atomic E-state index is 14.0. The van der Waals surface area contributed by atoms with Gasteiger partial charge in [0.2, 0.25) is 10.0 Å². The second-order valence-corrected chi connectivity index (χ2v) is 13.6. The van der Waals surface area contributed by atoms with Crippen LogP contribution in [-0.2, 0) is 10.0 Å².